The highest BCUT2D eigenvalue weighted by molar-refractivity contribution is 9.10. The van der Waals surface area contributed by atoms with Crippen LogP contribution in [0.4, 0.5) is 0 Å². The lowest BCUT2D eigenvalue weighted by Crippen LogP contribution is -2.34. The molecular weight excluding hydrogens is 296 g/mol. The number of aromatic hydroxyl groups is 1. The van der Waals surface area contributed by atoms with Crippen LogP contribution in [0.3, 0.4) is 0 Å². The molecule has 100 valence electrons. The van der Waals surface area contributed by atoms with E-state index in [1.54, 1.807) is 18.2 Å². The van der Waals surface area contributed by atoms with Gasteiger partial charge >= 0.3 is 0 Å². The Kier molecular flexibility index (Phi) is 6.15. The average Bonchev–Trinajstić information content (AvgIpc) is 2.30. The first-order valence-electron chi connectivity index (χ1n) is 6.01. The first-order chi connectivity index (χ1) is 8.52. The normalized spacial score (nSPS) is 10.8. The Bertz CT molecular complexity index is 410. The molecule has 1 aromatic carbocycles. The third kappa shape index (κ3) is 5.06. The number of carbonyl (C=O) groups is 1. The zero-order chi connectivity index (χ0) is 13.5. The second-order valence-electron chi connectivity index (χ2n) is 4.31. The summed E-state index contributed by atoms with van der Waals surface area (Å²) in [5, 5.41) is 9.48. The van der Waals surface area contributed by atoms with E-state index in [0.717, 1.165) is 29.4 Å². The fourth-order valence-electron chi connectivity index (χ4n) is 1.74. The van der Waals surface area contributed by atoms with Gasteiger partial charge in [-0.1, -0.05) is 29.3 Å². The number of rotatable bonds is 7. The van der Waals surface area contributed by atoms with Crippen LogP contribution in [0, 0.1) is 0 Å². The van der Waals surface area contributed by atoms with Gasteiger partial charge in [-0.05, 0) is 36.7 Å². The van der Waals surface area contributed by atoms with Gasteiger partial charge in [0.25, 0.3) is 0 Å². The van der Waals surface area contributed by atoms with Crippen molar-refractivity contribution in [3.8, 4) is 5.75 Å². The molecule has 1 rings (SSSR count). The van der Waals surface area contributed by atoms with Crippen molar-refractivity contribution in [3.05, 3.63) is 28.2 Å². The Morgan fingerprint density at radius 1 is 1.50 bits per heavy atom. The highest BCUT2D eigenvalue weighted by atomic mass is 79.9. The number of primary amides is 1. The number of unbranched alkanes of at least 4 members (excludes halogenated alkanes) is 1. The van der Waals surface area contributed by atoms with Gasteiger partial charge < -0.3 is 10.8 Å². The molecule has 3 N–H and O–H groups in total. The summed E-state index contributed by atoms with van der Waals surface area (Å²) >= 11 is 3.44. The smallest absolute Gasteiger partial charge is 0.231 e. The minimum Gasteiger partial charge on any atom is -0.508 e. The molecule has 0 aliphatic carbocycles. The number of benzene rings is 1. The van der Waals surface area contributed by atoms with Gasteiger partial charge in [0.2, 0.25) is 5.91 Å². The molecule has 0 fully saturated rings. The SMILES string of the molecule is CCCCN(CC(N)=O)Cc1cc(O)ccc1Br. The van der Waals surface area contributed by atoms with Crippen LogP contribution in [-0.2, 0) is 11.3 Å². The van der Waals surface area contributed by atoms with Crippen molar-refractivity contribution in [3.63, 3.8) is 0 Å². The van der Waals surface area contributed by atoms with E-state index in [0.29, 0.717) is 6.54 Å². The molecule has 1 amide bonds. The second kappa shape index (κ2) is 7.38. The molecule has 1 aromatic rings. The van der Waals surface area contributed by atoms with Gasteiger partial charge in [-0.2, -0.15) is 0 Å². The molecule has 0 bridgehead atoms. The zero-order valence-electron chi connectivity index (χ0n) is 10.5. The van der Waals surface area contributed by atoms with Crippen LogP contribution in [-0.4, -0.2) is 29.0 Å². The number of hydrogen-bond acceptors (Lipinski definition) is 3. The maximum Gasteiger partial charge on any atom is 0.231 e. The van der Waals surface area contributed by atoms with E-state index in [4.69, 9.17) is 5.73 Å². The maximum atomic E-state index is 11.0. The Morgan fingerprint density at radius 2 is 2.22 bits per heavy atom. The number of phenols is 1. The van der Waals surface area contributed by atoms with E-state index in [-0.39, 0.29) is 18.2 Å². The predicted octanol–water partition coefficient (Wildman–Crippen LogP) is 2.24. The molecule has 5 heteroatoms. The number of phenolic OH excluding ortho intramolecular Hbond substituents is 1. The van der Waals surface area contributed by atoms with Crippen LogP contribution in [0.1, 0.15) is 25.3 Å². The quantitative estimate of drug-likeness (QED) is 0.811. The van der Waals surface area contributed by atoms with E-state index in [1.807, 2.05) is 4.90 Å². The van der Waals surface area contributed by atoms with Gasteiger partial charge in [0, 0.05) is 11.0 Å². The number of nitrogens with two attached hydrogens (primary N) is 1. The number of halogens is 1. The van der Waals surface area contributed by atoms with Crippen molar-refractivity contribution in [2.24, 2.45) is 5.73 Å². The summed E-state index contributed by atoms with van der Waals surface area (Å²) in [5.41, 5.74) is 6.20. The maximum absolute atomic E-state index is 11.0. The topological polar surface area (TPSA) is 66.6 Å². The molecule has 4 nitrogen and oxygen atoms in total. The Balaban J connectivity index is 2.74. The van der Waals surface area contributed by atoms with Crippen LogP contribution in [0.2, 0.25) is 0 Å². The van der Waals surface area contributed by atoms with E-state index >= 15 is 0 Å². The molecule has 0 aromatic heterocycles. The molecule has 0 saturated heterocycles. The summed E-state index contributed by atoms with van der Waals surface area (Å²) in [6, 6.07) is 5.12. The van der Waals surface area contributed by atoms with Crippen LogP contribution >= 0.6 is 15.9 Å². The van der Waals surface area contributed by atoms with Crippen LogP contribution in [0.25, 0.3) is 0 Å². The fourth-order valence-corrected chi connectivity index (χ4v) is 2.11. The summed E-state index contributed by atoms with van der Waals surface area (Å²) in [5.74, 6) is -0.106. The third-order valence-corrected chi connectivity index (χ3v) is 3.40. The van der Waals surface area contributed by atoms with Gasteiger partial charge in [0.15, 0.2) is 0 Å². The van der Waals surface area contributed by atoms with Gasteiger partial charge in [0.1, 0.15) is 5.75 Å². The zero-order valence-corrected chi connectivity index (χ0v) is 12.1. The number of hydrogen-bond donors (Lipinski definition) is 2. The van der Waals surface area contributed by atoms with Crippen molar-refractivity contribution in [2.45, 2.75) is 26.3 Å². The van der Waals surface area contributed by atoms with Crippen molar-refractivity contribution in [1.29, 1.82) is 0 Å². The summed E-state index contributed by atoms with van der Waals surface area (Å²) in [4.78, 5) is 13.0. The van der Waals surface area contributed by atoms with Crippen LogP contribution in [0.15, 0.2) is 22.7 Å². The number of amides is 1. The molecule has 0 radical (unpaired) electrons. The summed E-state index contributed by atoms with van der Waals surface area (Å²) in [6.45, 7) is 3.76. The van der Waals surface area contributed by atoms with E-state index in [1.165, 1.54) is 0 Å². The molecular formula is C13H19BrN2O2. The predicted molar refractivity (Wildman–Crippen MR) is 75.2 cm³/mol. The van der Waals surface area contributed by atoms with E-state index in [9.17, 15) is 9.90 Å². The largest absolute Gasteiger partial charge is 0.508 e. The molecule has 0 atom stereocenters. The summed E-state index contributed by atoms with van der Waals surface area (Å²) < 4.78 is 0.922. The fraction of sp³-hybridized carbons (Fsp3) is 0.462. The summed E-state index contributed by atoms with van der Waals surface area (Å²) in [6.07, 6.45) is 2.08. The van der Waals surface area contributed by atoms with Gasteiger partial charge in [-0.15, -0.1) is 0 Å². The minimum absolute atomic E-state index is 0.225. The molecule has 0 heterocycles. The number of carbonyl (C=O) groups excluding carboxylic acids is 1. The van der Waals surface area contributed by atoms with Crippen molar-refractivity contribution in [2.75, 3.05) is 13.1 Å². The van der Waals surface area contributed by atoms with E-state index in [2.05, 4.69) is 22.9 Å². The van der Waals surface area contributed by atoms with Crippen molar-refractivity contribution in [1.82, 2.24) is 4.90 Å². The third-order valence-electron chi connectivity index (χ3n) is 2.63. The molecule has 18 heavy (non-hydrogen) atoms. The standard InChI is InChI=1S/C13H19BrN2O2/c1-2-3-6-16(9-13(15)18)8-10-7-11(17)4-5-12(10)14/h4-5,7,17H,2-3,6,8-9H2,1H3,(H2,15,18). The lowest BCUT2D eigenvalue weighted by atomic mass is 10.2. The second-order valence-corrected chi connectivity index (χ2v) is 5.16. The first kappa shape index (κ1) is 15.0. The lowest BCUT2D eigenvalue weighted by Gasteiger charge is -2.21. The molecule has 0 spiro atoms. The Morgan fingerprint density at radius 3 is 2.83 bits per heavy atom. The van der Waals surface area contributed by atoms with Crippen molar-refractivity contribution < 1.29 is 9.90 Å². The average molecular weight is 315 g/mol. The Hall–Kier alpha value is -1.07. The van der Waals surface area contributed by atoms with Gasteiger partial charge in [-0.25, -0.2) is 0 Å². The van der Waals surface area contributed by atoms with Crippen LogP contribution in [0.5, 0.6) is 5.75 Å². The lowest BCUT2D eigenvalue weighted by molar-refractivity contribution is -0.119. The Labute approximate surface area is 116 Å². The molecule has 0 unspecified atom stereocenters. The van der Waals surface area contributed by atoms with Gasteiger partial charge in [-0.3, -0.25) is 9.69 Å². The highest BCUT2D eigenvalue weighted by Gasteiger charge is 2.11. The molecule has 0 aliphatic heterocycles. The van der Waals surface area contributed by atoms with Crippen molar-refractivity contribution >= 4 is 21.8 Å². The first-order valence-corrected chi connectivity index (χ1v) is 6.80. The van der Waals surface area contributed by atoms with Gasteiger partial charge in [0.05, 0.1) is 6.54 Å². The molecule has 0 aliphatic rings. The highest BCUT2D eigenvalue weighted by Crippen LogP contribution is 2.23. The minimum atomic E-state index is -0.331. The molecule has 0 saturated carbocycles. The monoisotopic (exact) mass is 314 g/mol. The van der Waals surface area contributed by atoms with Crippen LogP contribution < -0.4 is 5.73 Å². The van der Waals surface area contributed by atoms with E-state index < -0.39 is 0 Å². The number of nitrogens with zero attached hydrogens (tertiary/aromatic N) is 1. The summed E-state index contributed by atoms with van der Waals surface area (Å²) in [7, 11) is 0.